The Morgan fingerprint density at radius 2 is 2.00 bits per heavy atom. The van der Waals surface area contributed by atoms with Gasteiger partial charge in [-0.15, -0.1) is 0 Å². The van der Waals surface area contributed by atoms with Crippen molar-refractivity contribution in [1.82, 2.24) is 4.98 Å². The molecule has 0 atom stereocenters. The van der Waals surface area contributed by atoms with Crippen molar-refractivity contribution in [3.8, 4) is 0 Å². The monoisotopic (exact) mass is 263 g/mol. The normalized spacial score (nSPS) is 10.7. The fourth-order valence-corrected chi connectivity index (χ4v) is 2.35. The number of hydrogen-bond donors (Lipinski definition) is 2. The lowest BCUT2D eigenvalue weighted by Gasteiger charge is -2.12. The highest BCUT2D eigenvalue weighted by Crippen LogP contribution is 2.29. The van der Waals surface area contributed by atoms with Crippen molar-refractivity contribution < 1.29 is 0 Å². The Balaban J connectivity index is 2.04. The van der Waals surface area contributed by atoms with Crippen LogP contribution in [0.2, 0.25) is 0 Å². The number of rotatable bonds is 3. The number of pyridine rings is 1. The van der Waals surface area contributed by atoms with Crippen LogP contribution in [0.15, 0.2) is 54.9 Å². The lowest BCUT2D eigenvalue weighted by molar-refractivity contribution is 1.14. The second kappa shape index (κ2) is 5.21. The number of anilines is 3. The Morgan fingerprint density at radius 3 is 2.85 bits per heavy atom. The Kier molecular flexibility index (Phi) is 3.25. The van der Waals surface area contributed by atoms with Gasteiger partial charge in [-0.1, -0.05) is 19.1 Å². The molecule has 0 aliphatic rings. The minimum atomic E-state index is 0.773. The van der Waals surface area contributed by atoms with E-state index in [1.807, 2.05) is 24.4 Å². The summed E-state index contributed by atoms with van der Waals surface area (Å²) in [6, 6.07) is 14.3. The van der Waals surface area contributed by atoms with Gasteiger partial charge in [-0.3, -0.25) is 4.98 Å². The van der Waals surface area contributed by atoms with Crippen molar-refractivity contribution in [2.45, 2.75) is 13.3 Å². The molecule has 3 heteroatoms. The molecule has 0 fully saturated rings. The molecule has 0 bridgehead atoms. The van der Waals surface area contributed by atoms with E-state index >= 15 is 0 Å². The van der Waals surface area contributed by atoms with E-state index in [9.17, 15) is 0 Å². The van der Waals surface area contributed by atoms with E-state index in [0.717, 1.165) is 34.3 Å². The first-order valence-electron chi connectivity index (χ1n) is 6.76. The number of nitrogens with one attached hydrogen (secondary N) is 1. The van der Waals surface area contributed by atoms with E-state index in [1.165, 1.54) is 5.56 Å². The molecule has 3 N–H and O–H groups in total. The molecule has 20 heavy (non-hydrogen) atoms. The van der Waals surface area contributed by atoms with E-state index in [-0.39, 0.29) is 0 Å². The molecule has 3 aromatic rings. The Bertz CT molecular complexity index is 750. The fourth-order valence-electron chi connectivity index (χ4n) is 2.35. The molecule has 1 heterocycles. The minimum Gasteiger partial charge on any atom is -0.398 e. The van der Waals surface area contributed by atoms with Gasteiger partial charge in [0, 0.05) is 40.2 Å². The number of fused-ring (bicyclic) bond motifs is 1. The van der Waals surface area contributed by atoms with E-state index in [2.05, 4.69) is 41.5 Å². The molecule has 0 unspecified atom stereocenters. The standard InChI is InChI=1S/C17H17N3/c1-2-12-4-3-5-13(10-12)20-17-7-6-16(18)14-8-9-19-11-15(14)17/h3-11,20H,2,18H2,1H3. The average Bonchev–Trinajstić information content (AvgIpc) is 2.51. The zero-order chi connectivity index (χ0) is 13.9. The molecule has 3 nitrogen and oxygen atoms in total. The quantitative estimate of drug-likeness (QED) is 0.699. The predicted molar refractivity (Wildman–Crippen MR) is 85.3 cm³/mol. The smallest absolute Gasteiger partial charge is 0.0481 e. The van der Waals surface area contributed by atoms with Crippen LogP contribution in [-0.2, 0) is 6.42 Å². The van der Waals surface area contributed by atoms with Crippen LogP contribution in [0.4, 0.5) is 17.1 Å². The molecule has 0 spiro atoms. The summed E-state index contributed by atoms with van der Waals surface area (Å²) >= 11 is 0. The highest BCUT2D eigenvalue weighted by Gasteiger charge is 2.04. The number of nitrogens with two attached hydrogens (primary N) is 1. The van der Waals surface area contributed by atoms with E-state index in [0.29, 0.717) is 0 Å². The van der Waals surface area contributed by atoms with Crippen LogP contribution in [0.5, 0.6) is 0 Å². The number of nitrogen functional groups attached to an aromatic ring is 1. The highest BCUT2D eigenvalue weighted by molar-refractivity contribution is 6.01. The zero-order valence-corrected chi connectivity index (χ0v) is 11.4. The van der Waals surface area contributed by atoms with Crippen molar-refractivity contribution >= 4 is 27.8 Å². The first-order valence-corrected chi connectivity index (χ1v) is 6.76. The van der Waals surface area contributed by atoms with Gasteiger partial charge < -0.3 is 11.1 Å². The van der Waals surface area contributed by atoms with Crippen LogP contribution in [0.25, 0.3) is 10.8 Å². The average molecular weight is 263 g/mol. The van der Waals surface area contributed by atoms with Crippen LogP contribution >= 0.6 is 0 Å². The van der Waals surface area contributed by atoms with Crippen molar-refractivity contribution in [2.24, 2.45) is 0 Å². The summed E-state index contributed by atoms with van der Waals surface area (Å²) in [4.78, 5) is 4.19. The maximum Gasteiger partial charge on any atom is 0.0481 e. The second-order valence-electron chi connectivity index (χ2n) is 4.80. The first-order chi connectivity index (χ1) is 9.78. The van der Waals surface area contributed by atoms with Crippen LogP contribution in [0.3, 0.4) is 0 Å². The Labute approximate surface area is 118 Å². The van der Waals surface area contributed by atoms with Crippen molar-refractivity contribution in [3.05, 3.63) is 60.4 Å². The molecule has 3 rings (SSSR count). The summed E-state index contributed by atoms with van der Waals surface area (Å²) in [7, 11) is 0. The molecule has 0 aliphatic carbocycles. The summed E-state index contributed by atoms with van der Waals surface area (Å²) in [6.07, 6.45) is 4.64. The lowest BCUT2D eigenvalue weighted by Crippen LogP contribution is -1.95. The minimum absolute atomic E-state index is 0.773. The van der Waals surface area contributed by atoms with E-state index in [1.54, 1.807) is 6.20 Å². The van der Waals surface area contributed by atoms with Gasteiger partial charge in [0.2, 0.25) is 0 Å². The van der Waals surface area contributed by atoms with Crippen molar-refractivity contribution in [2.75, 3.05) is 11.1 Å². The Hall–Kier alpha value is -2.55. The maximum absolute atomic E-state index is 6.01. The van der Waals surface area contributed by atoms with E-state index in [4.69, 9.17) is 5.73 Å². The topological polar surface area (TPSA) is 50.9 Å². The van der Waals surface area contributed by atoms with Crippen LogP contribution < -0.4 is 11.1 Å². The molecule has 0 aliphatic heterocycles. The van der Waals surface area contributed by atoms with Crippen molar-refractivity contribution in [1.29, 1.82) is 0 Å². The van der Waals surface area contributed by atoms with Gasteiger partial charge >= 0.3 is 0 Å². The molecule has 0 saturated heterocycles. The van der Waals surface area contributed by atoms with Gasteiger partial charge in [-0.25, -0.2) is 0 Å². The molecule has 0 amide bonds. The van der Waals surface area contributed by atoms with Gasteiger partial charge in [-0.2, -0.15) is 0 Å². The Morgan fingerprint density at radius 1 is 1.10 bits per heavy atom. The highest BCUT2D eigenvalue weighted by atomic mass is 14.9. The maximum atomic E-state index is 6.01. The number of aromatic nitrogens is 1. The van der Waals surface area contributed by atoms with Crippen LogP contribution in [0, 0.1) is 0 Å². The first kappa shape index (κ1) is 12.5. The fraction of sp³-hybridized carbons (Fsp3) is 0.118. The van der Waals surface area contributed by atoms with Gasteiger partial charge in [0.25, 0.3) is 0 Å². The van der Waals surface area contributed by atoms with Crippen LogP contribution in [0.1, 0.15) is 12.5 Å². The summed E-state index contributed by atoms with van der Waals surface area (Å²) in [6.45, 7) is 2.15. The second-order valence-corrected chi connectivity index (χ2v) is 4.80. The molecule has 0 saturated carbocycles. The summed E-state index contributed by atoms with van der Waals surface area (Å²) in [5.41, 5.74) is 10.2. The lowest BCUT2D eigenvalue weighted by atomic mass is 10.1. The van der Waals surface area contributed by atoms with E-state index < -0.39 is 0 Å². The number of hydrogen-bond acceptors (Lipinski definition) is 3. The molecular weight excluding hydrogens is 246 g/mol. The molecular formula is C17H17N3. The summed E-state index contributed by atoms with van der Waals surface area (Å²) in [5, 5.41) is 5.51. The van der Waals surface area contributed by atoms with Gasteiger partial charge in [-0.05, 0) is 42.3 Å². The van der Waals surface area contributed by atoms with Crippen LogP contribution in [-0.4, -0.2) is 4.98 Å². The molecule has 100 valence electrons. The predicted octanol–water partition coefficient (Wildman–Crippen LogP) is 4.12. The summed E-state index contributed by atoms with van der Waals surface area (Å²) < 4.78 is 0. The zero-order valence-electron chi connectivity index (χ0n) is 11.4. The third-order valence-electron chi connectivity index (χ3n) is 3.47. The largest absolute Gasteiger partial charge is 0.398 e. The summed E-state index contributed by atoms with van der Waals surface area (Å²) in [5.74, 6) is 0. The number of nitrogens with zero attached hydrogens (tertiary/aromatic N) is 1. The number of benzene rings is 2. The molecule has 1 aromatic heterocycles. The SMILES string of the molecule is CCc1cccc(Nc2ccc(N)c3ccncc23)c1. The van der Waals surface area contributed by atoms with Crippen molar-refractivity contribution in [3.63, 3.8) is 0 Å². The third kappa shape index (κ3) is 2.30. The third-order valence-corrected chi connectivity index (χ3v) is 3.47. The van der Waals surface area contributed by atoms with Gasteiger partial charge in [0.05, 0.1) is 0 Å². The van der Waals surface area contributed by atoms with Gasteiger partial charge in [0.1, 0.15) is 0 Å². The molecule has 2 aromatic carbocycles. The number of aryl methyl sites for hydroxylation is 1. The van der Waals surface area contributed by atoms with Gasteiger partial charge in [0.15, 0.2) is 0 Å². The molecule has 0 radical (unpaired) electrons.